The van der Waals surface area contributed by atoms with Crippen LogP contribution in [0.5, 0.6) is 5.75 Å². The zero-order valence-electron chi connectivity index (χ0n) is 19.5. The van der Waals surface area contributed by atoms with Crippen molar-refractivity contribution in [2.24, 2.45) is 0 Å². The second-order valence-corrected chi connectivity index (χ2v) is 7.69. The van der Waals surface area contributed by atoms with Crippen LogP contribution in [0, 0.1) is 5.82 Å². The minimum Gasteiger partial charge on any atom is -0.497 e. The number of halogens is 1. The summed E-state index contributed by atoms with van der Waals surface area (Å²) in [6.45, 7) is 3.28. The predicted molar refractivity (Wildman–Crippen MR) is 131 cm³/mol. The Kier molecular flexibility index (Phi) is 6.91. The lowest BCUT2D eigenvalue weighted by Gasteiger charge is -2.10. The molecule has 3 aromatic carbocycles. The van der Waals surface area contributed by atoms with E-state index in [2.05, 4.69) is 5.32 Å². The summed E-state index contributed by atoms with van der Waals surface area (Å²) in [6.07, 6.45) is 0. The van der Waals surface area contributed by atoms with Crippen molar-refractivity contribution in [1.29, 1.82) is 0 Å². The molecule has 0 aliphatic rings. The molecule has 0 unspecified atom stereocenters. The molecule has 0 radical (unpaired) electrons. The first-order chi connectivity index (χ1) is 16.9. The Morgan fingerprint density at radius 1 is 0.971 bits per heavy atom. The fraction of sp³-hybridized carbons (Fsp3) is 0.148. The maximum atomic E-state index is 13.6. The van der Waals surface area contributed by atoms with Crippen molar-refractivity contribution < 1.29 is 23.5 Å². The first kappa shape index (κ1) is 23.7. The minimum atomic E-state index is -0.550. The Morgan fingerprint density at radius 2 is 1.66 bits per heavy atom. The molecule has 1 heterocycles. The van der Waals surface area contributed by atoms with Gasteiger partial charge in [0.05, 0.1) is 42.0 Å². The van der Waals surface area contributed by atoms with Gasteiger partial charge in [-0.15, -0.1) is 0 Å². The highest BCUT2D eigenvalue weighted by molar-refractivity contribution is 6.01. The van der Waals surface area contributed by atoms with Crippen LogP contribution < -0.4 is 10.1 Å². The van der Waals surface area contributed by atoms with E-state index < -0.39 is 5.97 Å². The number of rotatable bonds is 7. The van der Waals surface area contributed by atoms with E-state index in [9.17, 15) is 14.0 Å². The van der Waals surface area contributed by atoms with Gasteiger partial charge in [0.2, 0.25) is 5.91 Å². The molecule has 7 nitrogen and oxygen atoms in total. The van der Waals surface area contributed by atoms with E-state index in [1.54, 1.807) is 49.0 Å². The number of carbonyl (C=O) groups excluding carboxylic acids is 2. The highest BCUT2D eigenvalue weighted by Crippen LogP contribution is 2.32. The summed E-state index contributed by atoms with van der Waals surface area (Å²) in [7, 11) is 1.60. The van der Waals surface area contributed by atoms with E-state index in [1.807, 2.05) is 30.3 Å². The summed E-state index contributed by atoms with van der Waals surface area (Å²) in [6, 6.07) is 20.5. The highest BCUT2D eigenvalue weighted by atomic mass is 19.1. The average Bonchev–Trinajstić information content (AvgIpc) is 3.30. The first-order valence-corrected chi connectivity index (χ1v) is 11.0. The Morgan fingerprint density at radius 3 is 2.29 bits per heavy atom. The Bertz CT molecular complexity index is 1360. The third kappa shape index (κ3) is 5.22. The van der Waals surface area contributed by atoms with Gasteiger partial charge in [-0.1, -0.05) is 6.07 Å². The number of amides is 1. The number of carbonyl (C=O) groups is 2. The minimum absolute atomic E-state index is 0.198. The quantitative estimate of drug-likeness (QED) is 0.359. The number of esters is 1. The number of hydrogen-bond donors (Lipinski definition) is 1. The van der Waals surface area contributed by atoms with E-state index in [4.69, 9.17) is 14.6 Å². The maximum Gasteiger partial charge on any atom is 0.340 e. The molecule has 0 aliphatic heterocycles. The average molecular weight is 474 g/mol. The van der Waals surface area contributed by atoms with Gasteiger partial charge in [-0.25, -0.2) is 13.9 Å². The summed E-state index contributed by atoms with van der Waals surface area (Å²) >= 11 is 0. The first-order valence-electron chi connectivity index (χ1n) is 11.0. The molecule has 1 N–H and O–H groups in total. The Hall–Kier alpha value is -4.46. The smallest absolute Gasteiger partial charge is 0.340 e. The Labute approximate surface area is 202 Å². The molecule has 0 aliphatic carbocycles. The maximum absolute atomic E-state index is 13.6. The zero-order chi connectivity index (χ0) is 24.9. The summed E-state index contributed by atoms with van der Waals surface area (Å²) < 4.78 is 25.7. The van der Waals surface area contributed by atoms with Crippen molar-refractivity contribution in [3.8, 4) is 34.0 Å². The molecule has 0 spiro atoms. The lowest BCUT2D eigenvalue weighted by molar-refractivity contribution is -0.114. The van der Waals surface area contributed by atoms with Crippen molar-refractivity contribution in [3.63, 3.8) is 0 Å². The molecule has 0 atom stereocenters. The molecule has 0 bridgehead atoms. The monoisotopic (exact) mass is 473 g/mol. The second-order valence-electron chi connectivity index (χ2n) is 7.69. The third-order valence-corrected chi connectivity index (χ3v) is 5.29. The van der Waals surface area contributed by atoms with Crippen LogP contribution >= 0.6 is 0 Å². The van der Waals surface area contributed by atoms with Crippen LogP contribution in [0.15, 0.2) is 72.8 Å². The van der Waals surface area contributed by atoms with Crippen molar-refractivity contribution in [3.05, 3.63) is 84.2 Å². The number of hydrogen-bond acceptors (Lipinski definition) is 5. The van der Waals surface area contributed by atoms with E-state index in [0.29, 0.717) is 22.6 Å². The van der Waals surface area contributed by atoms with Gasteiger partial charge in [0.25, 0.3) is 0 Å². The molecule has 35 heavy (non-hydrogen) atoms. The molecule has 1 aromatic heterocycles. The standard InChI is InChI=1S/C27H24FN3O4/c1-4-35-27(33)23-15-19(7-14-24(23)29-17(2)32)25-16-26(18-5-12-22(34-3)13-6-18)31(30-25)21-10-8-20(28)9-11-21/h5-16H,4H2,1-3H3,(H,29,32). The van der Waals surface area contributed by atoms with E-state index >= 15 is 0 Å². The number of nitrogens with one attached hydrogen (secondary N) is 1. The fourth-order valence-electron chi connectivity index (χ4n) is 3.65. The van der Waals surface area contributed by atoms with Gasteiger partial charge in [0.1, 0.15) is 11.6 Å². The lowest BCUT2D eigenvalue weighted by Crippen LogP contribution is -2.13. The second kappa shape index (κ2) is 10.2. The normalized spacial score (nSPS) is 10.6. The fourth-order valence-corrected chi connectivity index (χ4v) is 3.65. The predicted octanol–water partition coefficient (Wildman–Crippen LogP) is 5.49. The number of aromatic nitrogens is 2. The molecule has 4 rings (SSSR count). The lowest BCUT2D eigenvalue weighted by atomic mass is 10.0. The molecule has 0 fully saturated rings. The summed E-state index contributed by atoms with van der Waals surface area (Å²) in [4.78, 5) is 24.2. The van der Waals surface area contributed by atoms with Gasteiger partial charge in [-0.3, -0.25) is 4.79 Å². The molecular weight excluding hydrogens is 449 g/mol. The van der Waals surface area contributed by atoms with Gasteiger partial charge in [0.15, 0.2) is 0 Å². The number of nitrogens with zero attached hydrogens (tertiary/aromatic N) is 2. The van der Waals surface area contributed by atoms with Crippen molar-refractivity contribution >= 4 is 17.6 Å². The van der Waals surface area contributed by atoms with Crippen LogP contribution in [0.25, 0.3) is 28.2 Å². The van der Waals surface area contributed by atoms with Crippen LogP contribution in [0.3, 0.4) is 0 Å². The van der Waals surface area contributed by atoms with Gasteiger partial charge in [-0.05, 0) is 73.7 Å². The number of methoxy groups -OCH3 is 1. The van der Waals surface area contributed by atoms with E-state index in [-0.39, 0.29) is 23.9 Å². The van der Waals surface area contributed by atoms with Crippen LogP contribution in [0.4, 0.5) is 10.1 Å². The van der Waals surface area contributed by atoms with Gasteiger partial charge >= 0.3 is 5.97 Å². The topological polar surface area (TPSA) is 82.4 Å². The molecule has 1 amide bonds. The third-order valence-electron chi connectivity index (χ3n) is 5.29. The van der Waals surface area contributed by atoms with Gasteiger partial charge < -0.3 is 14.8 Å². The highest BCUT2D eigenvalue weighted by Gasteiger charge is 2.18. The van der Waals surface area contributed by atoms with E-state index in [0.717, 1.165) is 17.0 Å². The molecule has 4 aromatic rings. The number of ether oxygens (including phenoxy) is 2. The van der Waals surface area contributed by atoms with Gasteiger partial charge in [0, 0.05) is 18.1 Å². The molecule has 178 valence electrons. The molecule has 0 saturated heterocycles. The molecule has 0 saturated carbocycles. The van der Waals surface area contributed by atoms with Crippen LogP contribution in [-0.4, -0.2) is 35.4 Å². The zero-order valence-corrected chi connectivity index (χ0v) is 19.5. The van der Waals surface area contributed by atoms with E-state index in [1.165, 1.54) is 19.1 Å². The molecule has 8 heteroatoms. The molecular formula is C27H24FN3O4. The number of benzene rings is 3. The van der Waals surface area contributed by atoms with Crippen LogP contribution in [0.2, 0.25) is 0 Å². The number of anilines is 1. The summed E-state index contributed by atoms with van der Waals surface area (Å²) in [5, 5.41) is 7.42. The van der Waals surface area contributed by atoms with Crippen LogP contribution in [-0.2, 0) is 9.53 Å². The largest absolute Gasteiger partial charge is 0.497 e. The summed E-state index contributed by atoms with van der Waals surface area (Å²) in [5.74, 6) is -0.480. The van der Waals surface area contributed by atoms with Crippen LogP contribution in [0.1, 0.15) is 24.2 Å². The van der Waals surface area contributed by atoms with Crippen molar-refractivity contribution in [2.45, 2.75) is 13.8 Å². The Balaban J connectivity index is 1.85. The van der Waals surface area contributed by atoms with Gasteiger partial charge in [-0.2, -0.15) is 5.10 Å². The summed E-state index contributed by atoms with van der Waals surface area (Å²) in [5.41, 5.74) is 4.11. The van der Waals surface area contributed by atoms with Crippen molar-refractivity contribution in [2.75, 3.05) is 19.0 Å². The van der Waals surface area contributed by atoms with Crippen molar-refractivity contribution in [1.82, 2.24) is 9.78 Å². The SMILES string of the molecule is CCOC(=O)c1cc(-c2cc(-c3ccc(OC)cc3)n(-c3ccc(F)cc3)n2)ccc1NC(C)=O.